The van der Waals surface area contributed by atoms with Crippen LogP contribution < -0.4 is 5.63 Å². The molecule has 2 atom stereocenters. The molecule has 3 heterocycles. The van der Waals surface area contributed by atoms with Crippen molar-refractivity contribution in [1.29, 1.82) is 0 Å². The second-order valence-corrected chi connectivity index (χ2v) is 9.86. The number of hydrogen-bond acceptors (Lipinski definition) is 6. The number of fused-ring (bicyclic) bond motifs is 2. The van der Waals surface area contributed by atoms with E-state index in [1.807, 2.05) is 6.07 Å². The first-order valence-electron chi connectivity index (χ1n) is 12.8. The first-order valence-corrected chi connectivity index (χ1v) is 12.8. The Bertz CT molecular complexity index is 970. The Morgan fingerprint density at radius 1 is 1.21 bits per heavy atom. The van der Waals surface area contributed by atoms with Gasteiger partial charge in [0, 0.05) is 50.8 Å². The molecular weight excluding hydrogens is 416 g/mol. The molecule has 0 aliphatic carbocycles. The van der Waals surface area contributed by atoms with Crippen LogP contribution in [0.2, 0.25) is 0 Å². The molecule has 6 heteroatoms. The van der Waals surface area contributed by atoms with Gasteiger partial charge < -0.3 is 19.2 Å². The van der Waals surface area contributed by atoms with Crippen LogP contribution in [-0.4, -0.2) is 60.8 Å². The van der Waals surface area contributed by atoms with Crippen molar-refractivity contribution in [3.63, 3.8) is 0 Å². The Kier molecular flexibility index (Phi) is 8.45. The van der Waals surface area contributed by atoms with Gasteiger partial charge in [-0.1, -0.05) is 19.8 Å². The maximum absolute atomic E-state index is 12.3. The van der Waals surface area contributed by atoms with E-state index in [1.54, 1.807) is 19.2 Å². The first-order chi connectivity index (χ1) is 16.1. The van der Waals surface area contributed by atoms with Crippen LogP contribution in [0.4, 0.5) is 0 Å². The zero-order valence-electron chi connectivity index (χ0n) is 20.4. The molecule has 2 fully saturated rings. The molecule has 0 bridgehead atoms. The van der Waals surface area contributed by atoms with Gasteiger partial charge in [0.15, 0.2) is 0 Å². The number of aryl methyl sites for hydroxylation is 1. The Balaban J connectivity index is 1.62. The topological polar surface area (TPSA) is 66.2 Å². The summed E-state index contributed by atoms with van der Waals surface area (Å²) in [4.78, 5) is 17.5. The fourth-order valence-corrected chi connectivity index (χ4v) is 5.98. The number of ether oxygens (including phenoxy) is 1. The Hall–Kier alpha value is -1.89. The maximum Gasteiger partial charge on any atom is 0.336 e. The van der Waals surface area contributed by atoms with Gasteiger partial charge >= 0.3 is 5.63 Å². The highest BCUT2D eigenvalue weighted by atomic mass is 16.5. The summed E-state index contributed by atoms with van der Waals surface area (Å²) >= 11 is 0. The molecule has 0 amide bonds. The van der Waals surface area contributed by atoms with Crippen molar-refractivity contribution < 1.29 is 14.3 Å². The van der Waals surface area contributed by atoms with Crippen molar-refractivity contribution in [2.24, 2.45) is 5.92 Å². The third-order valence-corrected chi connectivity index (χ3v) is 7.52. The number of rotatable bonds is 10. The van der Waals surface area contributed by atoms with Crippen LogP contribution in [-0.2, 0) is 17.7 Å². The van der Waals surface area contributed by atoms with E-state index in [-0.39, 0.29) is 11.4 Å². The van der Waals surface area contributed by atoms with E-state index in [9.17, 15) is 9.90 Å². The summed E-state index contributed by atoms with van der Waals surface area (Å²) in [6.07, 6.45) is 9.20. The smallest absolute Gasteiger partial charge is 0.336 e. The van der Waals surface area contributed by atoms with Gasteiger partial charge in [-0.15, -0.1) is 0 Å². The lowest BCUT2D eigenvalue weighted by Gasteiger charge is -2.45. The largest absolute Gasteiger partial charge is 0.507 e. The molecule has 2 aromatic rings. The number of methoxy groups -OCH3 is 1. The highest BCUT2D eigenvalue weighted by Crippen LogP contribution is 2.34. The molecule has 0 saturated carbocycles. The Morgan fingerprint density at radius 3 is 2.88 bits per heavy atom. The average molecular weight is 457 g/mol. The molecule has 0 unspecified atom stereocenters. The highest BCUT2D eigenvalue weighted by Gasteiger charge is 2.34. The lowest BCUT2D eigenvalue weighted by molar-refractivity contribution is 0.0372. The third kappa shape index (κ3) is 5.79. The highest BCUT2D eigenvalue weighted by molar-refractivity contribution is 5.85. The van der Waals surface area contributed by atoms with Crippen LogP contribution in [0.1, 0.15) is 63.0 Å². The Labute approximate surface area is 197 Å². The molecule has 182 valence electrons. The molecule has 1 aromatic heterocycles. The van der Waals surface area contributed by atoms with Gasteiger partial charge in [0.25, 0.3) is 0 Å². The van der Waals surface area contributed by atoms with Crippen molar-refractivity contribution in [1.82, 2.24) is 9.80 Å². The summed E-state index contributed by atoms with van der Waals surface area (Å²) in [5.74, 6) is 0.848. The maximum atomic E-state index is 12.3. The fourth-order valence-electron chi connectivity index (χ4n) is 5.98. The van der Waals surface area contributed by atoms with E-state index in [0.717, 1.165) is 48.9 Å². The van der Waals surface area contributed by atoms with E-state index in [2.05, 4.69) is 16.7 Å². The first kappa shape index (κ1) is 24.2. The predicted molar refractivity (Wildman–Crippen MR) is 132 cm³/mol. The van der Waals surface area contributed by atoms with E-state index in [1.165, 1.54) is 45.2 Å². The predicted octanol–water partition coefficient (Wildman–Crippen LogP) is 4.55. The second-order valence-electron chi connectivity index (χ2n) is 9.86. The van der Waals surface area contributed by atoms with Crippen molar-refractivity contribution in [3.05, 3.63) is 39.7 Å². The van der Waals surface area contributed by atoms with E-state index >= 15 is 0 Å². The van der Waals surface area contributed by atoms with Crippen molar-refractivity contribution >= 4 is 11.0 Å². The van der Waals surface area contributed by atoms with Gasteiger partial charge in [-0.2, -0.15) is 0 Å². The number of aromatic hydroxyl groups is 1. The van der Waals surface area contributed by atoms with Gasteiger partial charge in [-0.25, -0.2) is 4.79 Å². The second kappa shape index (κ2) is 11.5. The number of benzene rings is 1. The summed E-state index contributed by atoms with van der Waals surface area (Å²) in [6.45, 7) is 7.77. The molecule has 1 aromatic carbocycles. The molecule has 4 rings (SSSR count). The van der Waals surface area contributed by atoms with Crippen molar-refractivity contribution in [3.8, 4) is 5.75 Å². The molecule has 0 radical (unpaired) electrons. The minimum absolute atomic E-state index is 0.207. The SMILES string of the molecule is CCCc1cc(=O)oc2c(CN(CCCOC)C[C@@H]3CCCN4CCCC[C@H]34)c(O)ccc12. The normalized spacial score (nSPS) is 21.5. The monoisotopic (exact) mass is 456 g/mol. The molecule has 0 spiro atoms. The lowest BCUT2D eigenvalue weighted by atomic mass is 9.83. The van der Waals surface area contributed by atoms with Crippen LogP contribution in [0.15, 0.2) is 27.4 Å². The van der Waals surface area contributed by atoms with Crippen LogP contribution in [0.5, 0.6) is 5.75 Å². The quantitative estimate of drug-likeness (QED) is 0.418. The summed E-state index contributed by atoms with van der Waals surface area (Å²) in [7, 11) is 1.74. The van der Waals surface area contributed by atoms with Gasteiger partial charge in [0.05, 0.1) is 5.56 Å². The molecule has 33 heavy (non-hydrogen) atoms. The van der Waals surface area contributed by atoms with Crippen LogP contribution >= 0.6 is 0 Å². The summed E-state index contributed by atoms with van der Waals surface area (Å²) in [5, 5.41) is 11.8. The Morgan fingerprint density at radius 2 is 2.06 bits per heavy atom. The van der Waals surface area contributed by atoms with E-state index in [4.69, 9.17) is 9.15 Å². The van der Waals surface area contributed by atoms with Crippen LogP contribution in [0, 0.1) is 5.92 Å². The molecule has 1 N–H and O–H groups in total. The van der Waals surface area contributed by atoms with Crippen LogP contribution in [0.25, 0.3) is 11.0 Å². The van der Waals surface area contributed by atoms with Gasteiger partial charge in [0.2, 0.25) is 0 Å². The number of phenols is 1. The number of phenolic OH excluding ortho intramolecular Hbond substituents is 1. The number of hydrogen-bond donors (Lipinski definition) is 1. The minimum Gasteiger partial charge on any atom is -0.507 e. The average Bonchev–Trinajstić information content (AvgIpc) is 2.81. The third-order valence-electron chi connectivity index (χ3n) is 7.52. The molecule has 6 nitrogen and oxygen atoms in total. The molecular formula is C27H40N2O4. The zero-order chi connectivity index (χ0) is 23.2. The summed E-state index contributed by atoms with van der Waals surface area (Å²) in [5.41, 5.74) is 1.94. The zero-order valence-corrected chi connectivity index (χ0v) is 20.4. The van der Waals surface area contributed by atoms with Crippen molar-refractivity contribution in [2.75, 3.05) is 39.9 Å². The van der Waals surface area contributed by atoms with Gasteiger partial charge in [-0.3, -0.25) is 4.90 Å². The van der Waals surface area contributed by atoms with Crippen molar-refractivity contribution in [2.45, 2.75) is 70.9 Å². The lowest BCUT2D eigenvalue weighted by Crippen LogP contribution is -2.51. The van der Waals surface area contributed by atoms with Crippen LogP contribution in [0.3, 0.4) is 0 Å². The fraction of sp³-hybridized carbons (Fsp3) is 0.667. The standard InChI is InChI=1S/C27H40N2O4/c1-3-8-20-17-26(31)33-27-22(20)11-12-25(30)23(27)19-28(13-7-16-32-2)18-21-9-6-15-29-14-5-4-10-24(21)29/h11-12,17,21,24,30H,3-10,13-16,18-19H2,1-2H3/t21-,24+/m0/s1. The summed E-state index contributed by atoms with van der Waals surface area (Å²) < 4.78 is 11.0. The minimum atomic E-state index is -0.339. The number of nitrogens with zero attached hydrogens (tertiary/aromatic N) is 2. The van der Waals surface area contributed by atoms with Gasteiger partial charge in [0.1, 0.15) is 11.3 Å². The van der Waals surface area contributed by atoms with Gasteiger partial charge in [-0.05, 0) is 75.2 Å². The molecule has 2 aliphatic heterocycles. The molecule has 2 aliphatic rings. The molecule has 2 saturated heterocycles. The summed E-state index contributed by atoms with van der Waals surface area (Å²) in [6, 6.07) is 5.92. The van der Waals surface area contributed by atoms with E-state index in [0.29, 0.717) is 30.7 Å². The van der Waals surface area contributed by atoms with E-state index < -0.39 is 0 Å². The number of piperidine rings is 2.